The maximum absolute atomic E-state index is 10.8. The zero-order valence-corrected chi connectivity index (χ0v) is 8.49. The SMILES string of the molecule is N#CC1(c2cc(Cl)ccc2[N+](=O)[O-])CC1. The van der Waals surface area contributed by atoms with Crippen molar-refractivity contribution in [2.45, 2.75) is 18.3 Å². The van der Waals surface area contributed by atoms with Crippen LogP contribution in [0.5, 0.6) is 0 Å². The molecule has 0 radical (unpaired) electrons. The van der Waals surface area contributed by atoms with Gasteiger partial charge in [-0.25, -0.2) is 0 Å². The Labute approximate surface area is 91.2 Å². The van der Waals surface area contributed by atoms with Gasteiger partial charge >= 0.3 is 0 Å². The smallest absolute Gasteiger partial charge is 0.258 e. The molecule has 76 valence electrons. The quantitative estimate of drug-likeness (QED) is 0.571. The second kappa shape index (κ2) is 3.21. The Balaban J connectivity index is 2.59. The lowest BCUT2D eigenvalue weighted by atomic mass is 9.96. The van der Waals surface area contributed by atoms with Gasteiger partial charge < -0.3 is 0 Å². The molecule has 1 aromatic carbocycles. The summed E-state index contributed by atoms with van der Waals surface area (Å²) >= 11 is 5.78. The van der Waals surface area contributed by atoms with Crippen LogP contribution >= 0.6 is 11.6 Å². The minimum Gasteiger partial charge on any atom is -0.258 e. The molecule has 15 heavy (non-hydrogen) atoms. The van der Waals surface area contributed by atoms with Gasteiger partial charge in [-0.05, 0) is 25.0 Å². The van der Waals surface area contributed by atoms with Gasteiger partial charge in [0.15, 0.2) is 0 Å². The summed E-state index contributed by atoms with van der Waals surface area (Å²) < 4.78 is 0. The first-order valence-corrected chi connectivity index (χ1v) is 4.82. The molecule has 0 atom stereocenters. The van der Waals surface area contributed by atoms with Crippen LogP contribution in [0.4, 0.5) is 5.69 Å². The number of hydrogen-bond donors (Lipinski definition) is 0. The molecule has 0 amide bonds. The Morgan fingerprint density at radius 1 is 1.53 bits per heavy atom. The van der Waals surface area contributed by atoms with E-state index in [1.54, 1.807) is 0 Å². The van der Waals surface area contributed by atoms with E-state index in [0.717, 1.165) is 0 Å². The van der Waals surface area contributed by atoms with Crippen LogP contribution in [0, 0.1) is 21.4 Å². The molecule has 0 saturated heterocycles. The van der Waals surface area contributed by atoms with Crippen LogP contribution in [-0.4, -0.2) is 4.92 Å². The molecule has 0 aliphatic heterocycles. The van der Waals surface area contributed by atoms with Gasteiger partial charge in [0.1, 0.15) is 0 Å². The molecule has 0 aromatic heterocycles. The Morgan fingerprint density at radius 2 is 2.20 bits per heavy atom. The molecule has 0 unspecified atom stereocenters. The molecule has 0 heterocycles. The van der Waals surface area contributed by atoms with Crippen molar-refractivity contribution in [3.63, 3.8) is 0 Å². The molecule has 0 spiro atoms. The highest BCUT2D eigenvalue weighted by Gasteiger charge is 2.48. The van der Waals surface area contributed by atoms with Crippen molar-refractivity contribution < 1.29 is 4.92 Å². The van der Waals surface area contributed by atoms with Gasteiger partial charge in [-0.3, -0.25) is 10.1 Å². The molecule has 4 nitrogen and oxygen atoms in total. The van der Waals surface area contributed by atoms with Crippen LogP contribution in [0.15, 0.2) is 18.2 Å². The minimum absolute atomic E-state index is 0.0153. The number of rotatable bonds is 2. The zero-order valence-electron chi connectivity index (χ0n) is 7.74. The molecule has 0 N–H and O–H groups in total. The minimum atomic E-state index is -0.673. The summed E-state index contributed by atoms with van der Waals surface area (Å²) in [6.45, 7) is 0. The third-order valence-corrected chi connectivity index (χ3v) is 2.87. The van der Waals surface area contributed by atoms with E-state index in [0.29, 0.717) is 23.4 Å². The van der Waals surface area contributed by atoms with Gasteiger partial charge in [-0.2, -0.15) is 5.26 Å². The first-order chi connectivity index (χ1) is 7.09. The molecule has 1 saturated carbocycles. The van der Waals surface area contributed by atoms with Crippen LogP contribution in [0.2, 0.25) is 5.02 Å². The van der Waals surface area contributed by atoms with E-state index in [4.69, 9.17) is 16.9 Å². The topological polar surface area (TPSA) is 66.9 Å². The lowest BCUT2D eigenvalue weighted by Crippen LogP contribution is -2.06. The Morgan fingerprint density at radius 3 is 2.67 bits per heavy atom. The summed E-state index contributed by atoms with van der Waals surface area (Å²) in [6, 6.07) is 6.48. The average molecular weight is 223 g/mol. The molecule has 0 bridgehead atoms. The standard InChI is InChI=1S/C10H7ClN2O2/c11-7-1-2-9(13(14)15)8(5-7)10(6-12)3-4-10/h1-2,5H,3-4H2. The van der Waals surface area contributed by atoms with E-state index < -0.39 is 10.3 Å². The number of nitrogens with zero attached hydrogens (tertiary/aromatic N) is 2. The van der Waals surface area contributed by atoms with Gasteiger partial charge in [0.25, 0.3) is 5.69 Å². The van der Waals surface area contributed by atoms with Crippen molar-refractivity contribution in [1.82, 2.24) is 0 Å². The molecule has 1 aliphatic carbocycles. The van der Waals surface area contributed by atoms with Gasteiger partial charge in [0.05, 0.1) is 22.0 Å². The van der Waals surface area contributed by atoms with E-state index >= 15 is 0 Å². The molecule has 5 heteroatoms. The first-order valence-electron chi connectivity index (χ1n) is 4.45. The predicted molar refractivity (Wildman–Crippen MR) is 54.6 cm³/mol. The Bertz CT molecular complexity index is 475. The highest BCUT2D eigenvalue weighted by atomic mass is 35.5. The number of hydrogen-bond acceptors (Lipinski definition) is 3. The van der Waals surface area contributed by atoms with Gasteiger partial charge in [-0.1, -0.05) is 11.6 Å². The fourth-order valence-corrected chi connectivity index (χ4v) is 1.79. The molecule has 1 fully saturated rings. The van der Waals surface area contributed by atoms with Gasteiger partial charge in [-0.15, -0.1) is 0 Å². The zero-order chi connectivity index (χ0) is 11.1. The van der Waals surface area contributed by atoms with Crippen LogP contribution in [-0.2, 0) is 5.41 Å². The first kappa shape index (κ1) is 9.94. The van der Waals surface area contributed by atoms with E-state index in [1.807, 2.05) is 0 Å². The monoisotopic (exact) mass is 222 g/mol. The highest BCUT2D eigenvalue weighted by molar-refractivity contribution is 6.30. The van der Waals surface area contributed by atoms with E-state index in [-0.39, 0.29) is 5.69 Å². The van der Waals surface area contributed by atoms with E-state index in [2.05, 4.69) is 6.07 Å². The van der Waals surface area contributed by atoms with Crippen LogP contribution < -0.4 is 0 Å². The Hall–Kier alpha value is -1.60. The predicted octanol–water partition coefficient (Wildman–Crippen LogP) is 2.80. The largest absolute Gasteiger partial charge is 0.274 e. The van der Waals surface area contributed by atoms with E-state index in [9.17, 15) is 10.1 Å². The highest BCUT2D eigenvalue weighted by Crippen LogP contribution is 2.51. The van der Waals surface area contributed by atoms with Crippen molar-refractivity contribution in [1.29, 1.82) is 5.26 Å². The number of benzene rings is 1. The number of nitro groups is 1. The fourth-order valence-electron chi connectivity index (χ4n) is 1.62. The normalized spacial score (nSPS) is 16.8. The lowest BCUT2D eigenvalue weighted by Gasteiger charge is -2.06. The maximum atomic E-state index is 10.8. The third-order valence-electron chi connectivity index (χ3n) is 2.63. The average Bonchev–Trinajstić information content (AvgIpc) is 2.97. The Kier molecular flexibility index (Phi) is 2.13. The third kappa shape index (κ3) is 1.55. The number of halogens is 1. The second-order valence-corrected chi connectivity index (χ2v) is 4.05. The second-order valence-electron chi connectivity index (χ2n) is 3.61. The molecular formula is C10H7ClN2O2. The number of nitriles is 1. The van der Waals surface area contributed by atoms with Crippen molar-refractivity contribution in [3.05, 3.63) is 38.9 Å². The summed E-state index contributed by atoms with van der Waals surface area (Å²) in [7, 11) is 0. The van der Waals surface area contributed by atoms with Crippen molar-refractivity contribution in [2.75, 3.05) is 0 Å². The van der Waals surface area contributed by atoms with Gasteiger partial charge in [0, 0.05) is 11.1 Å². The lowest BCUT2D eigenvalue weighted by molar-refractivity contribution is -0.385. The van der Waals surface area contributed by atoms with Crippen molar-refractivity contribution >= 4 is 17.3 Å². The molecular weight excluding hydrogens is 216 g/mol. The van der Waals surface area contributed by atoms with Gasteiger partial charge in [0.2, 0.25) is 0 Å². The van der Waals surface area contributed by atoms with Crippen LogP contribution in [0.1, 0.15) is 18.4 Å². The van der Waals surface area contributed by atoms with Crippen molar-refractivity contribution in [2.24, 2.45) is 0 Å². The number of nitro benzene ring substituents is 1. The van der Waals surface area contributed by atoms with Crippen molar-refractivity contribution in [3.8, 4) is 6.07 Å². The van der Waals surface area contributed by atoms with E-state index in [1.165, 1.54) is 18.2 Å². The van der Waals surface area contributed by atoms with Crippen LogP contribution in [0.25, 0.3) is 0 Å². The molecule has 1 aliphatic rings. The fraction of sp³-hybridized carbons (Fsp3) is 0.300. The summed E-state index contributed by atoms with van der Waals surface area (Å²) in [5.74, 6) is 0. The summed E-state index contributed by atoms with van der Waals surface area (Å²) in [5, 5.41) is 20.2. The van der Waals surface area contributed by atoms with Crippen LogP contribution in [0.3, 0.4) is 0 Å². The maximum Gasteiger partial charge on any atom is 0.274 e. The summed E-state index contributed by atoms with van der Waals surface area (Å²) in [4.78, 5) is 10.3. The molecule has 2 rings (SSSR count). The summed E-state index contributed by atoms with van der Waals surface area (Å²) in [6.07, 6.45) is 1.34. The summed E-state index contributed by atoms with van der Waals surface area (Å²) in [5.41, 5.74) is -0.242. The molecule has 1 aromatic rings.